The Hall–Kier alpha value is -2.27. The summed E-state index contributed by atoms with van der Waals surface area (Å²) in [5.74, 6) is 1.51. The van der Waals surface area contributed by atoms with Gasteiger partial charge >= 0.3 is 0 Å². The predicted molar refractivity (Wildman–Crippen MR) is 93.8 cm³/mol. The Morgan fingerprint density at radius 1 is 1.08 bits per heavy atom. The quantitative estimate of drug-likeness (QED) is 0.645. The molecule has 0 saturated carbocycles. The third-order valence-corrected chi connectivity index (χ3v) is 3.97. The number of aromatic nitrogens is 4. The second-order valence-corrected chi connectivity index (χ2v) is 6.70. The summed E-state index contributed by atoms with van der Waals surface area (Å²) in [5.41, 5.74) is 4.51. The summed E-state index contributed by atoms with van der Waals surface area (Å²) in [6.07, 6.45) is 2.56. The Morgan fingerprint density at radius 2 is 1.88 bits per heavy atom. The van der Waals surface area contributed by atoms with Crippen molar-refractivity contribution >= 4 is 11.6 Å². The lowest BCUT2D eigenvalue weighted by molar-refractivity contribution is 0.432. The van der Waals surface area contributed by atoms with Crippen molar-refractivity contribution in [1.29, 1.82) is 0 Å². The maximum absolute atomic E-state index is 5.96. The molecule has 0 aromatic carbocycles. The van der Waals surface area contributed by atoms with Gasteiger partial charge in [-0.3, -0.25) is 4.98 Å². The minimum absolute atomic E-state index is 0.477. The lowest BCUT2D eigenvalue weighted by atomic mass is 10.1. The second-order valence-electron chi connectivity index (χ2n) is 6.34. The summed E-state index contributed by atoms with van der Waals surface area (Å²) in [6.45, 7) is 8.20. The van der Waals surface area contributed by atoms with Gasteiger partial charge in [0.2, 0.25) is 5.82 Å². The molecule has 6 heteroatoms. The normalized spacial score (nSPS) is 11.2. The molecule has 0 spiro atoms. The van der Waals surface area contributed by atoms with Crippen molar-refractivity contribution in [2.75, 3.05) is 0 Å². The molecule has 0 amide bonds. The highest BCUT2D eigenvalue weighted by Gasteiger charge is 2.14. The van der Waals surface area contributed by atoms with Crippen molar-refractivity contribution in [3.63, 3.8) is 0 Å². The van der Waals surface area contributed by atoms with E-state index in [1.54, 1.807) is 6.20 Å². The van der Waals surface area contributed by atoms with Crippen LogP contribution in [0.4, 0.5) is 0 Å². The lowest BCUT2D eigenvalue weighted by Crippen LogP contribution is -1.99. The minimum atomic E-state index is 0.477. The summed E-state index contributed by atoms with van der Waals surface area (Å²) < 4.78 is 5.44. The van der Waals surface area contributed by atoms with Crippen LogP contribution in [0.3, 0.4) is 0 Å². The van der Waals surface area contributed by atoms with E-state index in [2.05, 4.69) is 34.0 Å². The number of pyridine rings is 2. The maximum atomic E-state index is 5.96. The highest BCUT2D eigenvalue weighted by atomic mass is 35.5. The van der Waals surface area contributed by atoms with E-state index in [-0.39, 0.29) is 0 Å². The van der Waals surface area contributed by atoms with E-state index in [0.717, 1.165) is 34.5 Å². The summed E-state index contributed by atoms with van der Waals surface area (Å²) in [7, 11) is 0. The number of hydrogen-bond donors (Lipinski definition) is 0. The Balaban J connectivity index is 1.95. The first-order chi connectivity index (χ1) is 11.4. The highest BCUT2D eigenvalue weighted by molar-refractivity contribution is 6.30. The van der Waals surface area contributed by atoms with Crippen LogP contribution < -0.4 is 0 Å². The predicted octanol–water partition coefficient (Wildman–Crippen LogP) is 4.66. The van der Waals surface area contributed by atoms with Crippen LogP contribution >= 0.6 is 11.6 Å². The number of rotatable bonds is 4. The van der Waals surface area contributed by atoms with Gasteiger partial charge in [0.25, 0.3) is 5.89 Å². The van der Waals surface area contributed by atoms with Gasteiger partial charge in [0, 0.05) is 28.7 Å². The van der Waals surface area contributed by atoms with Gasteiger partial charge in [-0.05, 0) is 49.9 Å². The van der Waals surface area contributed by atoms with Gasteiger partial charge in [0.15, 0.2) is 0 Å². The summed E-state index contributed by atoms with van der Waals surface area (Å²) in [5, 5.41) is 4.54. The molecule has 0 saturated heterocycles. The zero-order valence-electron chi connectivity index (χ0n) is 14.2. The van der Waals surface area contributed by atoms with Crippen molar-refractivity contribution in [1.82, 2.24) is 20.1 Å². The fourth-order valence-electron chi connectivity index (χ4n) is 2.52. The SMILES string of the molecule is Cc1cc(-c2nc(-c3cnc(Cl)c(C)c3)no2)cc(CC(C)C)n1. The number of nitrogens with zero attached hydrogens (tertiary/aromatic N) is 4. The van der Waals surface area contributed by atoms with Gasteiger partial charge in [0.05, 0.1) is 0 Å². The molecule has 3 heterocycles. The largest absolute Gasteiger partial charge is 0.334 e. The standard InChI is InChI=1S/C18H19ClN4O/c1-10(2)5-15-8-13(7-12(4)21-15)18-22-17(23-24-18)14-6-11(3)16(19)20-9-14/h6-10H,5H2,1-4H3. The van der Waals surface area contributed by atoms with Crippen LogP contribution in [0, 0.1) is 19.8 Å². The Labute approximate surface area is 146 Å². The summed E-state index contributed by atoms with van der Waals surface area (Å²) in [6, 6.07) is 5.86. The minimum Gasteiger partial charge on any atom is -0.334 e. The molecule has 0 N–H and O–H groups in total. The zero-order valence-corrected chi connectivity index (χ0v) is 14.9. The molecule has 0 aliphatic carbocycles. The van der Waals surface area contributed by atoms with Crippen molar-refractivity contribution in [3.05, 3.63) is 46.5 Å². The van der Waals surface area contributed by atoms with Gasteiger partial charge in [0.1, 0.15) is 5.15 Å². The van der Waals surface area contributed by atoms with Gasteiger partial charge < -0.3 is 4.52 Å². The molecular weight excluding hydrogens is 324 g/mol. The fraction of sp³-hybridized carbons (Fsp3) is 0.333. The number of hydrogen-bond acceptors (Lipinski definition) is 5. The molecule has 0 atom stereocenters. The average molecular weight is 343 g/mol. The lowest BCUT2D eigenvalue weighted by Gasteiger charge is -2.06. The van der Waals surface area contributed by atoms with E-state index in [4.69, 9.17) is 16.1 Å². The molecule has 5 nitrogen and oxygen atoms in total. The molecular formula is C18H19ClN4O. The molecule has 0 unspecified atom stereocenters. The van der Waals surface area contributed by atoms with E-state index in [0.29, 0.717) is 22.8 Å². The molecule has 3 aromatic rings. The first-order valence-corrected chi connectivity index (χ1v) is 8.24. The Bertz CT molecular complexity index is 873. The molecule has 3 aromatic heterocycles. The van der Waals surface area contributed by atoms with Gasteiger partial charge in [-0.25, -0.2) is 4.98 Å². The maximum Gasteiger partial charge on any atom is 0.258 e. The first-order valence-electron chi connectivity index (χ1n) is 7.86. The third-order valence-electron chi connectivity index (χ3n) is 3.57. The molecule has 24 heavy (non-hydrogen) atoms. The highest BCUT2D eigenvalue weighted by Crippen LogP contribution is 2.25. The van der Waals surface area contributed by atoms with Crippen LogP contribution in [0.5, 0.6) is 0 Å². The fourth-order valence-corrected chi connectivity index (χ4v) is 2.63. The molecule has 0 radical (unpaired) electrons. The van der Waals surface area contributed by atoms with Gasteiger partial charge in [-0.15, -0.1) is 0 Å². The zero-order chi connectivity index (χ0) is 17.3. The molecule has 0 fully saturated rings. The van der Waals surface area contributed by atoms with Crippen molar-refractivity contribution in [3.8, 4) is 22.8 Å². The first kappa shape index (κ1) is 16.6. The second kappa shape index (κ2) is 6.69. The van der Waals surface area contributed by atoms with Crippen molar-refractivity contribution in [2.45, 2.75) is 34.1 Å². The molecule has 124 valence electrons. The van der Waals surface area contributed by atoms with E-state index in [1.807, 2.05) is 32.0 Å². The van der Waals surface area contributed by atoms with Crippen LogP contribution in [0.25, 0.3) is 22.8 Å². The van der Waals surface area contributed by atoms with E-state index < -0.39 is 0 Å². The smallest absolute Gasteiger partial charge is 0.258 e. The Morgan fingerprint density at radius 3 is 2.58 bits per heavy atom. The Kier molecular flexibility index (Phi) is 4.62. The van der Waals surface area contributed by atoms with Gasteiger partial charge in [-0.2, -0.15) is 4.98 Å². The molecule has 0 bridgehead atoms. The summed E-state index contributed by atoms with van der Waals surface area (Å²) in [4.78, 5) is 13.2. The van der Waals surface area contributed by atoms with Crippen LogP contribution in [-0.4, -0.2) is 20.1 Å². The average Bonchev–Trinajstić information content (AvgIpc) is 2.98. The molecule has 0 aliphatic heterocycles. The van der Waals surface area contributed by atoms with Crippen molar-refractivity contribution < 1.29 is 4.52 Å². The van der Waals surface area contributed by atoms with E-state index in [1.165, 1.54) is 0 Å². The molecule has 0 aliphatic rings. The van der Waals surface area contributed by atoms with Crippen molar-refractivity contribution in [2.24, 2.45) is 5.92 Å². The topological polar surface area (TPSA) is 64.7 Å². The summed E-state index contributed by atoms with van der Waals surface area (Å²) >= 11 is 5.96. The van der Waals surface area contributed by atoms with Crippen LogP contribution in [0.1, 0.15) is 30.8 Å². The number of halogens is 1. The third kappa shape index (κ3) is 3.62. The van der Waals surface area contributed by atoms with E-state index >= 15 is 0 Å². The number of aryl methyl sites for hydroxylation is 2. The van der Waals surface area contributed by atoms with Gasteiger partial charge in [-0.1, -0.05) is 30.6 Å². The molecule has 3 rings (SSSR count). The van der Waals surface area contributed by atoms with Crippen LogP contribution in [-0.2, 0) is 6.42 Å². The monoisotopic (exact) mass is 342 g/mol. The van der Waals surface area contributed by atoms with Crippen LogP contribution in [0.2, 0.25) is 5.15 Å². The van der Waals surface area contributed by atoms with E-state index in [9.17, 15) is 0 Å². The van der Waals surface area contributed by atoms with Crippen LogP contribution in [0.15, 0.2) is 28.9 Å².